The van der Waals surface area contributed by atoms with Crippen molar-refractivity contribution >= 4 is 17.8 Å². The standard InChI is InChI=1S/C20H28N2O4/c1-14(2)20(3,13-17(23)24)21-18(25)15-9-11-22(12-10-15)19(26)16-7-5-4-6-8-16/h4-8,14-15H,9-13H2,1-3H3,(H,21,25)(H,23,24). The van der Waals surface area contributed by atoms with Crippen LogP contribution in [0.5, 0.6) is 0 Å². The SMILES string of the molecule is CC(C)C(C)(CC(=O)O)NC(=O)C1CCN(C(=O)c2ccccc2)CC1. The molecule has 2 N–H and O–H groups in total. The van der Waals surface area contributed by atoms with Crippen molar-refractivity contribution in [2.45, 2.75) is 45.6 Å². The highest BCUT2D eigenvalue weighted by molar-refractivity contribution is 5.94. The number of benzene rings is 1. The van der Waals surface area contributed by atoms with E-state index in [-0.39, 0.29) is 30.1 Å². The Hall–Kier alpha value is -2.37. The molecule has 1 aromatic rings. The van der Waals surface area contributed by atoms with E-state index in [0.717, 1.165) is 0 Å². The number of carboxylic acids is 1. The van der Waals surface area contributed by atoms with Gasteiger partial charge in [-0.05, 0) is 37.8 Å². The maximum atomic E-state index is 12.6. The van der Waals surface area contributed by atoms with Crippen molar-refractivity contribution in [2.75, 3.05) is 13.1 Å². The molecule has 0 aliphatic carbocycles. The lowest BCUT2D eigenvalue weighted by Crippen LogP contribution is -2.54. The molecule has 2 rings (SSSR count). The number of piperidine rings is 1. The van der Waals surface area contributed by atoms with Crippen LogP contribution in [0.3, 0.4) is 0 Å². The smallest absolute Gasteiger partial charge is 0.305 e. The molecule has 1 aromatic carbocycles. The van der Waals surface area contributed by atoms with E-state index in [1.165, 1.54) is 0 Å². The number of likely N-dealkylation sites (tertiary alicyclic amines) is 1. The quantitative estimate of drug-likeness (QED) is 0.816. The molecule has 1 heterocycles. The highest BCUT2D eigenvalue weighted by Crippen LogP contribution is 2.24. The maximum Gasteiger partial charge on any atom is 0.305 e. The molecular weight excluding hydrogens is 332 g/mol. The first kappa shape index (κ1) is 19.9. The average molecular weight is 360 g/mol. The van der Waals surface area contributed by atoms with Crippen molar-refractivity contribution in [3.63, 3.8) is 0 Å². The predicted molar refractivity (Wildman–Crippen MR) is 98.7 cm³/mol. The normalized spacial score (nSPS) is 17.6. The van der Waals surface area contributed by atoms with Crippen LogP contribution in [0, 0.1) is 11.8 Å². The van der Waals surface area contributed by atoms with Gasteiger partial charge in [0.25, 0.3) is 5.91 Å². The number of carbonyl (C=O) groups excluding carboxylic acids is 2. The number of aliphatic carboxylic acids is 1. The summed E-state index contributed by atoms with van der Waals surface area (Å²) in [5.41, 5.74) is -0.121. The number of hydrogen-bond acceptors (Lipinski definition) is 3. The summed E-state index contributed by atoms with van der Waals surface area (Å²) in [7, 11) is 0. The minimum atomic E-state index is -0.926. The monoisotopic (exact) mass is 360 g/mol. The second-order valence-corrected chi connectivity index (χ2v) is 7.56. The van der Waals surface area contributed by atoms with E-state index in [2.05, 4.69) is 5.32 Å². The average Bonchev–Trinajstić information content (AvgIpc) is 2.61. The molecule has 6 nitrogen and oxygen atoms in total. The number of rotatable bonds is 6. The van der Waals surface area contributed by atoms with Crippen molar-refractivity contribution < 1.29 is 19.5 Å². The van der Waals surface area contributed by atoms with Gasteiger partial charge in [0.15, 0.2) is 0 Å². The number of amides is 2. The van der Waals surface area contributed by atoms with Crippen LogP contribution in [-0.4, -0.2) is 46.4 Å². The van der Waals surface area contributed by atoms with Gasteiger partial charge in [-0.25, -0.2) is 0 Å². The summed E-state index contributed by atoms with van der Waals surface area (Å²) >= 11 is 0. The van der Waals surface area contributed by atoms with E-state index in [9.17, 15) is 14.4 Å². The summed E-state index contributed by atoms with van der Waals surface area (Å²) in [6, 6.07) is 9.13. The third-order valence-corrected chi connectivity index (χ3v) is 5.38. The number of nitrogens with one attached hydrogen (secondary N) is 1. The molecule has 0 saturated carbocycles. The summed E-state index contributed by atoms with van der Waals surface area (Å²) in [5.74, 6) is -1.25. The van der Waals surface area contributed by atoms with Gasteiger partial charge in [-0.15, -0.1) is 0 Å². The summed E-state index contributed by atoms with van der Waals surface area (Å²) in [5, 5.41) is 12.1. The van der Waals surface area contributed by atoms with Gasteiger partial charge in [-0.1, -0.05) is 32.0 Å². The maximum absolute atomic E-state index is 12.6. The minimum absolute atomic E-state index is 0.00213. The second-order valence-electron chi connectivity index (χ2n) is 7.56. The third-order valence-electron chi connectivity index (χ3n) is 5.38. The number of hydrogen-bond donors (Lipinski definition) is 2. The van der Waals surface area contributed by atoms with Crippen LogP contribution in [0.15, 0.2) is 30.3 Å². The molecule has 1 fully saturated rings. The molecule has 142 valence electrons. The molecule has 2 amide bonds. The Kier molecular flexibility index (Phi) is 6.40. The Morgan fingerprint density at radius 2 is 1.77 bits per heavy atom. The van der Waals surface area contributed by atoms with E-state index in [1.807, 2.05) is 32.0 Å². The van der Waals surface area contributed by atoms with Crippen LogP contribution in [-0.2, 0) is 9.59 Å². The molecule has 0 bridgehead atoms. The Labute approximate surface area is 154 Å². The molecule has 1 aliphatic rings. The van der Waals surface area contributed by atoms with Gasteiger partial charge in [-0.3, -0.25) is 14.4 Å². The number of nitrogens with zero attached hydrogens (tertiary/aromatic N) is 1. The fourth-order valence-electron chi connectivity index (χ4n) is 3.20. The zero-order valence-corrected chi connectivity index (χ0v) is 15.7. The second kappa shape index (κ2) is 8.34. The van der Waals surface area contributed by atoms with Crippen molar-refractivity contribution in [2.24, 2.45) is 11.8 Å². The van der Waals surface area contributed by atoms with Gasteiger partial charge in [0.1, 0.15) is 0 Å². The van der Waals surface area contributed by atoms with Crippen LogP contribution in [0.4, 0.5) is 0 Å². The van der Waals surface area contributed by atoms with Gasteiger partial charge in [0, 0.05) is 30.1 Å². The van der Waals surface area contributed by atoms with Crippen LogP contribution < -0.4 is 5.32 Å². The fraction of sp³-hybridized carbons (Fsp3) is 0.550. The van der Waals surface area contributed by atoms with E-state index < -0.39 is 11.5 Å². The largest absolute Gasteiger partial charge is 0.481 e. The first-order chi connectivity index (χ1) is 12.2. The van der Waals surface area contributed by atoms with Crippen LogP contribution in [0.1, 0.15) is 50.4 Å². The zero-order chi connectivity index (χ0) is 19.3. The lowest BCUT2D eigenvalue weighted by molar-refractivity contribution is -0.140. The zero-order valence-electron chi connectivity index (χ0n) is 15.7. The number of carboxylic acid groups (broad SMARTS) is 1. The van der Waals surface area contributed by atoms with E-state index in [0.29, 0.717) is 31.5 Å². The fourth-order valence-corrected chi connectivity index (χ4v) is 3.20. The molecule has 1 saturated heterocycles. The van der Waals surface area contributed by atoms with E-state index in [4.69, 9.17) is 5.11 Å². The van der Waals surface area contributed by atoms with Crippen molar-refractivity contribution in [3.05, 3.63) is 35.9 Å². The summed E-state index contributed by atoms with van der Waals surface area (Å²) in [6.07, 6.45) is 1.07. The van der Waals surface area contributed by atoms with Crippen LogP contribution in [0.25, 0.3) is 0 Å². The first-order valence-electron chi connectivity index (χ1n) is 9.11. The molecule has 1 unspecified atom stereocenters. The van der Waals surface area contributed by atoms with Gasteiger partial charge in [0.05, 0.1) is 6.42 Å². The Morgan fingerprint density at radius 3 is 2.27 bits per heavy atom. The van der Waals surface area contributed by atoms with Gasteiger partial charge in [-0.2, -0.15) is 0 Å². The molecule has 6 heteroatoms. The highest BCUT2D eigenvalue weighted by Gasteiger charge is 2.36. The lowest BCUT2D eigenvalue weighted by atomic mass is 9.84. The Bertz CT molecular complexity index is 651. The molecule has 0 spiro atoms. The summed E-state index contributed by atoms with van der Waals surface area (Å²) < 4.78 is 0. The topological polar surface area (TPSA) is 86.7 Å². The van der Waals surface area contributed by atoms with Gasteiger partial charge >= 0.3 is 5.97 Å². The van der Waals surface area contributed by atoms with Gasteiger partial charge in [0.2, 0.25) is 5.91 Å². The molecule has 1 aliphatic heterocycles. The Balaban J connectivity index is 1.93. The van der Waals surface area contributed by atoms with Crippen LogP contribution >= 0.6 is 0 Å². The summed E-state index contributed by atoms with van der Waals surface area (Å²) in [4.78, 5) is 38.0. The molecular formula is C20H28N2O4. The van der Waals surface area contributed by atoms with Crippen molar-refractivity contribution in [1.29, 1.82) is 0 Å². The van der Waals surface area contributed by atoms with Crippen molar-refractivity contribution in [1.82, 2.24) is 10.2 Å². The molecule has 0 radical (unpaired) electrons. The van der Waals surface area contributed by atoms with Crippen LogP contribution in [0.2, 0.25) is 0 Å². The number of carbonyl (C=O) groups is 3. The van der Waals surface area contributed by atoms with Crippen molar-refractivity contribution in [3.8, 4) is 0 Å². The first-order valence-corrected chi connectivity index (χ1v) is 9.11. The van der Waals surface area contributed by atoms with E-state index >= 15 is 0 Å². The molecule has 1 atom stereocenters. The minimum Gasteiger partial charge on any atom is -0.481 e. The van der Waals surface area contributed by atoms with E-state index in [1.54, 1.807) is 24.0 Å². The third kappa shape index (κ3) is 4.84. The summed E-state index contributed by atoms with van der Waals surface area (Å²) in [6.45, 7) is 6.65. The predicted octanol–water partition coefficient (Wildman–Crippen LogP) is 2.54. The molecule has 26 heavy (non-hydrogen) atoms. The van der Waals surface area contributed by atoms with Gasteiger partial charge < -0.3 is 15.3 Å². The highest BCUT2D eigenvalue weighted by atomic mass is 16.4. The Morgan fingerprint density at radius 1 is 1.19 bits per heavy atom. The lowest BCUT2D eigenvalue weighted by Gasteiger charge is -2.37. The molecule has 0 aromatic heterocycles.